The average molecular weight is 568 g/mol. The van der Waals surface area contributed by atoms with Crippen LogP contribution >= 0.6 is 31.9 Å². The maximum atomic E-state index is 13.5. The SMILES string of the molecule is COc1ccc(S(=O)(=O)N(CC(=O)Nc2ccc(Br)cc2)c2ccc(C)cc2)cc1Br. The molecule has 9 heteroatoms. The molecule has 0 aliphatic carbocycles. The Hall–Kier alpha value is -2.36. The van der Waals surface area contributed by atoms with E-state index in [1.807, 2.05) is 6.92 Å². The zero-order valence-corrected chi connectivity index (χ0v) is 20.8. The van der Waals surface area contributed by atoms with Crippen molar-refractivity contribution in [3.63, 3.8) is 0 Å². The summed E-state index contributed by atoms with van der Waals surface area (Å²) in [6.45, 7) is 1.52. The Balaban J connectivity index is 1.95. The smallest absolute Gasteiger partial charge is 0.264 e. The lowest BCUT2D eigenvalue weighted by atomic mass is 10.2. The van der Waals surface area contributed by atoms with Crippen LogP contribution in [0.25, 0.3) is 0 Å². The lowest BCUT2D eigenvalue weighted by molar-refractivity contribution is -0.114. The normalized spacial score (nSPS) is 11.1. The average Bonchev–Trinajstić information content (AvgIpc) is 2.74. The molecule has 3 rings (SSSR count). The number of benzene rings is 3. The van der Waals surface area contributed by atoms with Crippen molar-refractivity contribution in [1.82, 2.24) is 0 Å². The third kappa shape index (κ3) is 5.66. The second-order valence-electron chi connectivity index (χ2n) is 6.70. The summed E-state index contributed by atoms with van der Waals surface area (Å²) in [4.78, 5) is 12.8. The maximum absolute atomic E-state index is 13.5. The lowest BCUT2D eigenvalue weighted by Crippen LogP contribution is -2.38. The van der Waals surface area contributed by atoms with E-state index in [9.17, 15) is 13.2 Å². The van der Waals surface area contributed by atoms with E-state index in [4.69, 9.17) is 4.74 Å². The van der Waals surface area contributed by atoms with Crippen LogP contribution in [0.4, 0.5) is 11.4 Å². The second-order valence-corrected chi connectivity index (χ2v) is 10.3. The minimum atomic E-state index is -4.03. The highest BCUT2D eigenvalue weighted by molar-refractivity contribution is 9.10. The van der Waals surface area contributed by atoms with Gasteiger partial charge in [-0.1, -0.05) is 33.6 Å². The summed E-state index contributed by atoms with van der Waals surface area (Å²) < 4.78 is 34.6. The number of hydrogen-bond acceptors (Lipinski definition) is 4. The summed E-state index contributed by atoms with van der Waals surface area (Å²) in [7, 11) is -2.53. The van der Waals surface area contributed by atoms with Gasteiger partial charge in [0.2, 0.25) is 5.91 Å². The minimum absolute atomic E-state index is 0.0391. The number of ether oxygens (including phenoxy) is 1. The first-order chi connectivity index (χ1) is 14.7. The number of carbonyl (C=O) groups excluding carboxylic acids is 1. The predicted molar refractivity (Wildman–Crippen MR) is 129 cm³/mol. The molecule has 0 unspecified atom stereocenters. The molecule has 0 aromatic heterocycles. The number of sulfonamides is 1. The molecule has 0 aliphatic heterocycles. The molecule has 162 valence electrons. The van der Waals surface area contributed by atoms with E-state index in [2.05, 4.69) is 37.2 Å². The van der Waals surface area contributed by atoms with Crippen LogP contribution < -0.4 is 14.4 Å². The highest BCUT2D eigenvalue weighted by Crippen LogP contribution is 2.31. The van der Waals surface area contributed by atoms with Crippen molar-refractivity contribution in [2.75, 3.05) is 23.3 Å². The molecule has 3 aromatic rings. The highest BCUT2D eigenvalue weighted by atomic mass is 79.9. The number of rotatable bonds is 7. The fraction of sp³-hybridized carbons (Fsp3) is 0.136. The summed E-state index contributed by atoms with van der Waals surface area (Å²) in [6.07, 6.45) is 0. The Morgan fingerprint density at radius 3 is 2.23 bits per heavy atom. The lowest BCUT2D eigenvalue weighted by Gasteiger charge is -2.24. The van der Waals surface area contributed by atoms with Gasteiger partial charge in [0.25, 0.3) is 10.0 Å². The molecule has 0 heterocycles. The fourth-order valence-corrected chi connectivity index (χ4v) is 5.23. The topological polar surface area (TPSA) is 75.7 Å². The molecule has 0 bridgehead atoms. The van der Waals surface area contributed by atoms with Crippen LogP contribution in [0.5, 0.6) is 5.75 Å². The number of methoxy groups -OCH3 is 1. The summed E-state index contributed by atoms with van der Waals surface area (Å²) in [6, 6.07) is 18.5. The number of hydrogen-bond donors (Lipinski definition) is 1. The quantitative estimate of drug-likeness (QED) is 0.417. The Morgan fingerprint density at radius 2 is 1.65 bits per heavy atom. The minimum Gasteiger partial charge on any atom is -0.496 e. The van der Waals surface area contributed by atoms with E-state index in [1.165, 1.54) is 19.2 Å². The molecule has 0 aliphatic rings. The third-order valence-electron chi connectivity index (χ3n) is 4.45. The number of nitrogens with one attached hydrogen (secondary N) is 1. The second kappa shape index (κ2) is 9.84. The standard InChI is InChI=1S/C22H20Br2N2O4S/c1-15-3-9-18(10-4-15)26(14-22(27)25-17-7-5-16(23)6-8-17)31(28,29)19-11-12-21(30-2)20(24)13-19/h3-13H,14H2,1-2H3,(H,25,27). The number of nitrogens with zero attached hydrogens (tertiary/aromatic N) is 1. The molecule has 1 amide bonds. The molecule has 0 saturated carbocycles. The molecular formula is C22H20Br2N2O4S. The molecular weight excluding hydrogens is 548 g/mol. The van der Waals surface area contributed by atoms with Crippen molar-refractivity contribution in [3.8, 4) is 5.75 Å². The number of halogens is 2. The van der Waals surface area contributed by atoms with Crippen molar-refractivity contribution in [1.29, 1.82) is 0 Å². The summed E-state index contributed by atoms with van der Waals surface area (Å²) in [5.74, 6) is 0.0490. The molecule has 0 atom stereocenters. The van der Waals surface area contributed by atoms with E-state index in [0.29, 0.717) is 21.6 Å². The molecule has 0 saturated heterocycles. The molecule has 0 fully saturated rings. The van der Waals surface area contributed by atoms with Crippen LogP contribution in [-0.4, -0.2) is 28.0 Å². The Morgan fingerprint density at radius 1 is 1.00 bits per heavy atom. The molecule has 1 N–H and O–H groups in total. The van der Waals surface area contributed by atoms with Gasteiger partial charge in [0, 0.05) is 10.2 Å². The summed E-state index contributed by atoms with van der Waals surface area (Å²) in [5.41, 5.74) is 1.94. The van der Waals surface area contributed by atoms with E-state index >= 15 is 0 Å². The Bertz CT molecular complexity index is 1180. The van der Waals surface area contributed by atoms with Gasteiger partial charge in [0.1, 0.15) is 12.3 Å². The monoisotopic (exact) mass is 566 g/mol. The fourth-order valence-electron chi connectivity index (χ4n) is 2.83. The first-order valence-electron chi connectivity index (χ1n) is 9.19. The molecule has 6 nitrogen and oxygen atoms in total. The van der Waals surface area contributed by atoms with Crippen molar-refractivity contribution in [2.24, 2.45) is 0 Å². The Kier molecular flexibility index (Phi) is 7.40. The van der Waals surface area contributed by atoms with E-state index in [0.717, 1.165) is 14.3 Å². The first kappa shape index (κ1) is 23.3. The van der Waals surface area contributed by atoms with E-state index < -0.39 is 15.9 Å². The van der Waals surface area contributed by atoms with Crippen molar-refractivity contribution in [2.45, 2.75) is 11.8 Å². The van der Waals surface area contributed by atoms with Crippen LogP contribution in [0.1, 0.15) is 5.56 Å². The van der Waals surface area contributed by atoms with Crippen LogP contribution in [0, 0.1) is 6.92 Å². The van der Waals surface area contributed by atoms with E-state index in [1.54, 1.807) is 54.6 Å². The van der Waals surface area contributed by atoms with Gasteiger partial charge in [-0.2, -0.15) is 0 Å². The van der Waals surface area contributed by atoms with E-state index in [-0.39, 0.29) is 11.4 Å². The van der Waals surface area contributed by atoms with Crippen molar-refractivity contribution >= 4 is 59.2 Å². The van der Waals surface area contributed by atoms with Crippen molar-refractivity contribution in [3.05, 3.63) is 81.2 Å². The zero-order chi connectivity index (χ0) is 22.6. The van der Waals surface area contributed by atoms with Gasteiger partial charge < -0.3 is 10.1 Å². The van der Waals surface area contributed by atoms with Gasteiger partial charge >= 0.3 is 0 Å². The van der Waals surface area contributed by atoms with Crippen LogP contribution in [0.3, 0.4) is 0 Å². The highest BCUT2D eigenvalue weighted by Gasteiger charge is 2.28. The van der Waals surface area contributed by atoms with Gasteiger partial charge in [-0.3, -0.25) is 9.10 Å². The zero-order valence-electron chi connectivity index (χ0n) is 16.8. The molecule has 0 spiro atoms. The van der Waals surface area contributed by atoms with Crippen LogP contribution in [-0.2, 0) is 14.8 Å². The molecule has 0 radical (unpaired) electrons. The number of amides is 1. The Labute approximate surface area is 198 Å². The maximum Gasteiger partial charge on any atom is 0.264 e. The van der Waals surface area contributed by atoms with Gasteiger partial charge in [0.05, 0.1) is 22.2 Å². The summed E-state index contributed by atoms with van der Waals surface area (Å²) >= 11 is 6.67. The van der Waals surface area contributed by atoms with Crippen molar-refractivity contribution < 1.29 is 17.9 Å². The van der Waals surface area contributed by atoms with Crippen LogP contribution in [0.2, 0.25) is 0 Å². The number of anilines is 2. The van der Waals surface area contributed by atoms with Crippen LogP contribution in [0.15, 0.2) is 80.6 Å². The van der Waals surface area contributed by atoms with Gasteiger partial charge in [0.15, 0.2) is 0 Å². The third-order valence-corrected chi connectivity index (χ3v) is 7.37. The largest absolute Gasteiger partial charge is 0.496 e. The first-order valence-corrected chi connectivity index (χ1v) is 12.2. The number of carbonyl (C=O) groups is 1. The van der Waals surface area contributed by atoms with Gasteiger partial charge in [-0.05, 0) is 77.5 Å². The van der Waals surface area contributed by atoms with Gasteiger partial charge in [-0.15, -0.1) is 0 Å². The molecule has 3 aromatic carbocycles. The summed E-state index contributed by atoms with van der Waals surface area (Å²) in [5, 5.41) is 2.74. The molecule has 31 heavy (non-hydrogen) atoms. The predicted octanol–water partition coefficient (Wildman–Crippen LogP) is 5.36. The van der Waals surface area contributed by atoms with Gasteiger partial charge in [-0.25, -0.2) is 8.42 Å². The number of aryl methyl sites for hydroxylation is 1.